The van der Waals surface area contributed by atoms with E-state index in [4.69, 9.17) is 23.2 Å². The number of piperazine rings is 1. The molecule has 1 N–H and O–H groups in total. The van der Waals surface area contributed by atoms with Gasteiger partial charge < -0.3 is 19.5 Å². The van der Waals surface area contributed by atoms with Gasteiger partial charge in [-0.05, 0) is 74.0 Å². The van der Waals surface area contributed by atoms with Gasteiger partial charge in [-0.3, -0.25) is 9.69 Å². The number of pyridine rings is 1. The maximum absolute atomic E-state index is 15.7. The molecule has 0 radical (unpaired) electrons. The van der Waals surface area contributed by atoms with E-state index in [2.05, 4.69) is 9.80 Å². The van der Waals surface area contributed by atoms with Crippen molar-refractivity contribution >= 4 is 51.4 Å². The van der Waals surface area contributed by atoms with Gasteiger partial charge in [-0.2, -0.15) is 0 Å². The molecule has 2 fully saturated rings. The van der Waals surface area contributed by atoms with E-state index in [0.29, 0.717) is 37.7 Å². The molecule has 2 saturated heterocycles. The van der Waals surface area contributed by atoms with Crippen molar-refractivity contribution in [2.24, 2.45) is 0 Å². The van der Waals surface area contributed by atoms with Crippen LogP contribution < -0.4 is 15.2 Å². The fraction of sp³-hybridized carbons (Fsp3) is 0.290. The number of carboxylic acids is 1. The topological polar surface area (TPSA) is 69.0 Å². The Bertz CT molecular complexity index is 1730. The largest absolute Gasteiger partial charge is 0.477 e. The second-order valence-electron chi connectivity index (χ2n) is 10.7. The summed E-state index contributed by atoms with van der Waals surface area (Å²) in [7, 11) is 0. The van der Waals surface area contributed by atoms with Crippen LogP contribution in [0.5, 0.6) is 0 Å². The summed E-state index contributed by atoms with van der Waals surface area (Å²) in [5.41, 5.74) is 0.417. The first-order chi connectivity index (χ1) is 20.2. The molecule has 0 amide bonds. The van der Waals surface area contributed by atoms with Gasteiger partial charge in [-0.1, -0.05) is 29.3 Å². The number of carbonyl (C=O) groups is 1. The lowest BCUT2D eigenvalue weighted by Gasteiger charge is -2.38. The second-order valence-corrected chi connectivity index (χ2v) is 11.5. The molecule has 0 spiro atoms. The first-order valence-electron chi connectivity index (χ1n) is 13.8. The summed E-state index contributed by atoms with van der Waals surface area (Å²) in [6, 6.07) is 13.2. The number of hydrogen-bond acceptors (Lipinski definition) is 5. The minimum absolute atomic E-state index is 0.0136. The Kier molecular flexibility index (Phi) is 7.83. The number of rotatable bonds is 6. The predicted octanol–water partition coefficient (Wildman–Crippen LogP) is 6.20. The standard InChI is InChI=1S/C31H28Cl2F2N4O3/c32-20-4-6-21(7-5-20)37-11-13-38(14-12-37)29-25(35)16-22-28(27(29)33)39(18-23(30(22)40)31(41)42)26-8-3-19(15-24(26)34)17-36-9-1-2-10-36/h3-8,15-16,18H,1-2,9-14,17H2,(H,41,42). The van der Waals surface area contributed by atoms with Gasteiger partial charge in [-0.15, -0.1) is 0 Å². The Morgan fingerprint density at radius 2 is 1.52 bits per heavy atom. The van der Waals surface area contributed by atoms with Crippen LogP contribution in [0.4, 0.5) is 20.2 Å². The van der Waals surface area contributed by atoms with Crippen molar-refractivity contribution in [3.8, 4) is 5.69 Å². The van der Waals surface area contributed by atoms with Gasteiger partial charge in [0.2, 0.25) is 5.43 Å². The number of benzene rings is 3. The van der Waals surface area contributed by atoms with Crippen LogP contribution in [0.3, 0.4) is 0 Å². The number of nitrogens with zero attached hydrogens (tertiary/aromatic N) is 4. The third-order valence-corrected chi connectivity index (χ3v) is 8.66. The first kappa shape index (κ1) is 28.5. The van der Waals surface area contributed by atoms with Crippen molar-refractivity contribution in [1.82, 2.24) is 9.47 Å². The molecule has 0 bridgehead atoms. The molecule has 3 aromatic carbocycles. The molecule has 1 aromatic heterocycles. The van der Waals surface area contributed by atoms with Crippen molar-refractivity contribution in [1.29, 1.82) is 0 Å². The molecule has 4 aromatic rings. The van der Waals surface area contributed by atoms with Crippen molar-refractivity contribution < 1.29 is 18.7 Å². The number of halogens is 4. The second kappa shape index (κ2) is 11.6. The van der Waals surface area contributed by atoms with Crippen LogP contribution in [0, 0.1) is 11.6 Å². The molecule has 11 heteroatoms. The predicted molar refractivity (Wildman–Crippen MR) is 162 cm³/mol. The zero-order valence-electron chi connectivity index (χ0n) is 22.6. The van der Waals surface area contributed by atoms with Crippen molar-refractivity contribution in [2.45, 2.75) is 19.4 Å². The van der Waals surface area contributed by atoms with E-state index in [9.17, 15) is 14.7 Å². The van der Waals surface area contributed by atoms with E-state index in [-0.39, 0.29) is 27.3 Å². The van der Waals surface area contributed by atoms with E-state index >= 15 is 8.78 Å². The molecule has 7 nitrogen and oxygen atoms in total. The van der Waals surface area contributed by atoms with Crippen molar-refractivity contribution in [3.05, 3.63) is 97.8 Å². The van der Waals surface area contributed by atoms with Gasteiger partial charge in [0.25, 0.3) is 0 Å². The Labute approximate surface area is 251 Å². The minimum atomic E-state index is -1.50. The summed E-state index contributed by atoms with van der Waals surface area (Å²) in [5, 5.41) is 10.1. The van der Waals surface area contributed by atoms with Crippen LogP contribution in [0.2, 0.25) is 10.0 Å². The van der Waals surface area contributed by atoms with E-state index < -0.39 is 28.6 Å². The summed E-state index contributed by atoms with van der Waals surface area (Å²) in [4.78, 5) is 31.3. The summed E-state index contributed by atoms with van der Waals surface area (Å²) in [5.74, 6) is -2.85. The van der Waals surface area contributed by atoms with Crippen LogP contribution in [0.25, 0.3) is 16.6 Å². The normalized spacial score (nSPS) is 16.0. The van der Waals surface area contributed by atoms with Gasteiger partial charge >= 0.3 is 5.97 Å². The zero-order valence-corrected chi connectivity index (χ0v) is 24.1. The Morgan fingerprint density at radius 1 is 0.857 bits per heavy atom. The molecule has 0 unspecified atom stereocenters. The van der Waals surface area contributed by atoms with E-state index in [0.717, 1.165) is 49.4 Å². The van der Waals surface area contributed by atoms with Gasteiger partial charge in [0, 0.05) is 49.6 Å². The van der Waals surface area contributed by atoms with E-state index in [1.165, 1.54) is 10.6 Å². The van der Waals surface area contributed by atoms with Crippen molar-refractivity contribution in [3.63, 3.8) is 0 Å². The molecule has 0 atom stereocenters. The van der Waals surface area contributed by atoms with E-state index in [1.807, 2.05) is 24.3 Å². The molecular weight excluding hydrogens is 585 g/mol. The summed E-state index contributed by atoms with van der Waals surface area (Å²) < 4.78 is 32.6. The molecule has 2 aliphatic rings. The lowest BCUT2D eigenvalue weighted by Crippen LogP contribution is -2.47. The highest BCUT2D eigenvalue weighted by molar-refractivity contribution is 6.38. The highest BCUT2D eigenvalue weighted by atomic mass is 35.5. The number of aromatic carboxylic acids is 1. The number of aromatic nitrogens is 1. The summed E-state index contributed by atoms with van der Waals surface area (Å²) >= 11 is 12.9. The smallest absolute Gasteiger partial charge is 0.341 e. The van der Waals surface area contributed by atoms with Gasteiger partial charge in [0.15, 0.2) is 0 Å². The molecule has 0 saturated carbocycles. The minimum Gasteiger partial charge on any atom is -0.477 e. The molecule has 2 aliphatic heterocycles. The number of hydrogen-bond donors (Lipinski definition) is 1. The maximum atomic E-state index is 15.7. The average Bonchev–Trinajstić information content (AvgIpc) is 3.48. The quantitative estimate of drug-likeness (QED) is 0.280. The summed E-state index contributed by atoms with van der Waals surface area (Å²) in [6.07, 6.45) is 3.28. The van der Waals surface area contributed by atoms with Gasteiger partial charge in [0.05, 0.1) is 27.3 Å². The first-order valence-corrected chi connectivity index (χ1v) is 14.5. The van der Waals surface area contributed by atoms with Crippen LogP contribution in [-0.2, 0) is 6.54 Å². The highest BCUT2D eigenvalue weighted by Gasteiger charge is 2.27. The molecule has 3 heterocycles. The third-order valence-electron chi connectivity index (χ3n) is 8.05. The fourth-order valence-corrected chi connectivity index (χ4v) is 6.45. The monoisotopic (exact) mass is 612 g/mol. The Balaban J connectivity index is 1.41. The average molecular weight is 613 g/mol. The van der Waals surface area contributed by atoms with Crippen LogP contribution >= 0.6 is 23.2 Å². The zero-order chi connectivity index (χ0) is 29.5. The maximum Gasteiger partial charge on any atom is 0.341 e. The van der Waals surface area contributed by atoms with Crippen LogP contribution in [0.15, 0.2) is 59.5 Å². The third kappa shape index (κ3) is 5.32. The Hall–Kier alpha value is -3.66. The fourth-order valence-electron chi connectivity index (χ4n) is 5.92. The van der Waals surface area contributed by atoms with Gasteiger partial charge in [0.1, 0.15) is 17.2 Å². The SMILES string of the molecule is O=C(O)c1cn(-c2ccc(CN3CCCC3)cc2F)c2c(Cl)c(N3CCN(c4ccc(Cl)cc4)CC3)c(F)cc2c1=O. The molecule has 0 aliphatic carbocycles. The summed E-state index contributed by atoms with van der Waals surface area (Å²) in [6.45, 7) is 4.52. The van der Waals surface area contributed by atoms with E-state index in [1.54, 1.807) is 17.0 Å². The highest BCUT2D eigenvalue weighted by Crippen LogP contribution is 2.38. The van der Waals surface area contributed by atoms with Gasteiger partial charge in [-0.25, -0.2) is 13.6 Å². The molecule has 42 heavy (non-hydrogen) atoms. The number of likely N-dealkylation sites (tertiary alicyclic amines) is 1. The van der Waals surface area contributed by atoms with Crippen molar-refractivity contribution in [2.75, 3.05) is 49.1 Å². The number of anilines is 2. The lowest BCUT2D eigenvalue weighted by molar-refractivity contribution is 0.0695. The number of carboxylic acid groups (broad SMARTS) is 1. The lowest BCUT2D eigenvalue weighted by atomic mass is 10.1. The Morgan fingerprint density at radius 3 is 2.17 bits per heavy atom. The number of fused-ring (bicyclic) bond motifs is 1. The van der Waals surface area contributed by atoms with Crippen LogP contribution in [-0.4, -0.2) is 59.8 Å². The van der Waals surface area contributed by atoms with Crippen LogP contribution in [0.1, 0.15) is 28.8 Å². The molecule has 218 valence electrons. The molecule has 6 rings (SSSR count). The molecular formula is C31H28Cl2F2N4O3.